The molecule has 1 aliphatic rings. The third kappa shape index (κ3) is 7.71. The number of nitrogens with zero attached hydrogens (tertiary/aromatic N) is 2. The third-order valence-electron chi connectivity index (χ3n) is 7.33. The fraction of sp³-hybridized carbons (Fsp3) is 0.355. The van der Waals surface area contributed by atoms with Crippen LogP contribution >= 0.6 is 11.6 Å². The summed E-state index contributed by atoms with van der Waals surface area (Å²) in [6.45, 7) is 1.74. The number of halogens is 1. The summed E-state index contributed by atoms with van der Waals surface area (Å²) in [5.41, 5.74) is 2.85. The van der Waals surface area contributed by atoms with Crippen molar-refractivity contribution in [3.05, 3.63) is 101 Å². The molecule has 0 radical (unpaired) electrons. The topological polar surface area (TPSA) is 86.8 Å². The summed E-state index contributed by atoms with van der Waals surface area (Å²) in [6, 6.07) is 22.4. The molecule has 4 rings (SSSR count). The molecule has 0 spiro atoms. The molecule has 3 aromatic carbocycles. The Morgan fingerprint density at radius 3 is 2.17 bits per heavy atom. The number of aryl methyl sites for hydroxylation is 1. The van der Waals surface area contributed by atoms with Crippen molar-refractivity contribution >= 4 is 33.4 Å². The van der Waals surface area contributed by atoms with Crippen molar-refractivity contribution in [3.63, 3.8) is 0 Å². The van der Waals surface area contributed by atoms with Crippen LogP contribution in [0.25, 0.3) is 0 Å². The van der Waals surface area contributed by atoms with Crippen LogP contribution in [0.1, 0.15) is 42.4 Å². The minimum Gasteiger partial charge on any atom is -0.352 e. The van der Waals surface area contributed by atoms with Crippen LogP contribution in [0.2, 0.25) is 5.02 Å². The lowest BCUT2D eigenvalue weighted by Gasteiger charge is -2.33. The monoisotopic (exact) mass is 581 g/mol. The maximum Gasteiger partial charge on any atom is 0.243 e. The minimum atomic E-state index is -3.96. The van der Waals surface area contributed by atoms with Gasteiger partial charge in [0.1, 0.15) is 6.04 Å². The number of sulfonamides is 1. The fourth-order valence-corrected chi connectivity index (χ4v) is 6.21. The van der Waals surface area contributed by atoms with Crippen molar-refractivity contribution in [2.45, 2.75) is 62.6 Å². The summed E-state index contributed by atoms with van der Waals surface area (Å²) in [6.07, 6.45) is 4.27. The Bertz CT molecular complexity index is 1390. The van der Waals surface area contributed by atoms with E-state index in [0.29, 0.717) is 11.4 Å². The predicted octanol–water partition coefficient (Wildman–Crippen LogP) is 4.97. The van der Waals surface area contributed by atoms with Gasteiger partial charge in [-0.25, -0.2) is 8.42 Å². The highest BCUT2D eigenvalue weighted by atomic mass is 35.5. The SMILES string of the molecule is Cc1ccc(CN(C(=O)CN(C)S(=O)(=O)c2ccc(Cl)cc2)[C@H](Cc2ccccc2)C(=O)NC2CCCC2)cc1. The second-order valence-corrected chi connectivity index (χ2v) is 12.9. The van der Waals surface area contributed by atoms with E-state index in [9.17, 15) is 18.0 Å². The van der Waals surface area contributed by atoms with E-state index < -0.39 is 28.5 Å². The lowest BCUT2D eigenvalue weighted by molar-refractivity contribution is -0.141. The Hall–Kier alpha value is -3.20. The summed E-state index contributed by atoms with van der Waals surface area (Å²) in [5.74, 6) is -0.678. The number of rotatable bonds is 11. The van der Waals surface area contributed by atoms with Crippen molar-refractivity contribution in [3.8, 4) is 0 Å². The first kappa shape index (κ1) is 29.8. The van der Waals surface area contributed by atoms with E-state index in [1.807, 2.05) is 61.5 Å². The van der Waals surface area contributed by atoms with Gasteiger partial charge in [-0.3, -0.25) is 9.59 Å². The molecule has 1 aliphatic carbocycles. The molecule has 3 aromatic rings. The van der Waals surface area contributed by atoms with Crippen molar-refractivity contribution in [1.82, 2.24) is 14.5 Å². The quantitative estimate of drug-likeness (QED) is 0.346. The molecule has 0 aromatic heterocycles. The van der Waals surface area contributed by atoms with Crippen LogP contribution < -0.4 is 5.32 Å². The first-order chi connectivity index (χ1) is 19.1. The summed E-state index contributed by atoms with van der Waals surface area (Å²) in [5, 5.41) is 3.58. The molecule has 212 valence electrons. The Kier molecular flexibility index (Phi) is 10.0. The number of benzene rings is 3. The number of hydrogen-bond donors (Lipinski definition) is 1. The Morgan fingerprint density at radius 2 is 1.55 bits per heavy atom. The molecule has 1 saturated carbocycles. The maximum atomic E-state index is 13.9. The number of carbonyl (C=O) groups excluding carboxylic acids is 2. The van der Waals surface area contributed by atoms with Crippen LogP contribution in [0.4, 0.5) is 0 Å². The van der Waals surface area contributed by atoms with E-state index in [1.165, 1.54) is 36.2 Å². The summed E-state index contributed by atoms with van der Waals surface area (Å²) in [7, 11) is -2.59. The molecule has 1 atom stereocenters. The largest absolute Gasteiger partial charge is 0.352 e. The summed E-state index contributed by atoms with van der Waals surface area (Å²) >= 11 is 5.94. The molecule has 0 aliphatic heterocycles. The van der Waals surface area contributed by atoms with Gasteiger partial charge in [0, 0.05) is 31.1 Å². The van der Waals surface area contributed by atoms with Crippen molar-refractivity contribution < 1.29 is 18.0 Å². The summed E-state index contributed by atoms with van der Waals surface area (Å²) in [4.78, 5) is 29.3. The lowest BCUT2D eigenvalue weighted by Crippen LogP contribution is -2.54. The second-order valence-electron chi connectivity index (χ2n) is 10.4. The number of hydrogen-bond acceptors (Lipinski definition) is 4. The number of likely N-dealkylation sites (N-methyl/N-ethyl adjacent to an activating group) is 1. The molecule has 1 fully saturated rings. The standard InChI is InChI=1S/C31H36ClN3O4S/c1-23-12-14-25(15-13-23)21-35(30(36)22-34(2)40(38,39)28-18-16-26(32)17-19-28)29(20-24-8-4-3-5-9-24)31(37)33-27-10-6-7-11-27/h3-5,8-9,12-19,27,29H,6-7,10-11,20-22H2,1-2H3,(H,33,37)/t29-/m1/s1. The van der Waals surface area contributed by atoms with E-state index >= 15 is 0 Å². The molecule has 0 bridgehead atoms. The van der Waals surface area contributed by atoms with Crippen LogP contribution in [0.5, 0.6) is 0 Å². The minimum absolute atomic E-state index is 0.0390. The van der Waals surface area contributed by atoms with Crippen LogP contribution in [-0.2, 0) is 32.6 Å². The average Bonchev–Trinajstić information content (AvgIpc) is 3.45. The van der Waals surface area contributed by atoms with Crippen LogP contribution in [0.15, 0.2) is 83.8 Å². The molecule has 0 unspecified atom stereocenters. The molecule has 2 amide bonds. The van der Waals surface area contributed by atoms with E-state index in [2.05, 4.69) is 5.32 Å². The van der Waals surface area contributed by atoms with E-state index in [4.69, 9.17) is 11.6 Å². The molecule has 9 heteroatoms. The van der Waals surface area contributed by atoms with E-state index in [-0.39, 0.29) is 23.4 Å². The van der Waals surface area contributed by atoms with Crippen LogP contribution in [0.3, 0.4) is 0 Å². The van der Waals surface area contributed by atoms with Crippen LogP contribution in [0, 0.1) is 6.92 Å². The van der Waals surface area contributed by atoms with Gasteiger partial charge in [-0.2, -0.15) is 4.31 Å². The smallest absolute Gasteiger partial charge is 0.243 e. The van der Waals surface area contributed by atoms with Gasteiger partial charge in [0.05, 0.1) is 11.4 Å². The third-order valence-corrected chi connectivity index (χ3v) is 9.40. The van der Waals surface area contributed by atoms with Gasteiger partial charge >= 0.3 is 0 Å². The Labute approximate surface area is 242 Å². The van der Waals surface area contributed by atoms with Gasteiger partial charge in [-0.05, 0) is 55.2 Å². The van der Waals surface area contributed by atoms with Gasteiger partial charge in [0.2, 0.25) is 21.8 Å². The number of amides is 2. The first-order valence-corrected chi connectivity index (χ1v) is 15.4. The second kappa shape index (κ2) is 13.4. The normalized spacial score (nSPS) is 14.7. The molecule has 7 nitrogen and oxygen atoms in total. The molecule has 0 heterocycles. The van der Waals surface area contributed by atoms with E-state index in [1.54, 1.807) is 0 Å². The van der Waals surface area contributed by atoms with Crippen molar-refractivity contribution in [1.29, 1.82) is 0 Å². The molecule has 40 heavy (non-hydrogen) atoms. The zero-order valence-electron chi connectivity index (χ0n) is 22.9. The predicted molar refractivity (Wildman–Crippen MR) is 157 cm³/mol. The maximum absolute atomic E-state index is 13.9. The average molecular weight is 582 g/mol. The van der Waals surface area contributed by atoms with Crippen molar-refractivity contribution in [2.75, 3.05) is 13.6 Å². The van der Waals surface area contributed by atoms with Gasteiger partial charge in [0.25, 0.3) is 0 Å². The van der Waals surface area contributed by atoms with Gasteiger partial charge in [-0.15, -0.1) is 0 Å². The van der Waals surface area contributed by atoms with Gasteiger partial charge in [0.15, 0.2) is 0 Å². The lowest BCUT2D eigenvalue weighted by atomic mass is 10.0. The highest BCUT2D eigenvalue weighted by Gasteiger charge is 2.34. The first-order valence-electron chi connectivity index (χ1n) is 13.5. The van der Waals surface area contributed by atoms with Gasteiger partial charge in [-0.1, -0.05) is 84.6 Å². The number of nitrogens with one attached hydrogen (secondary N) is 1. The number of carbonyl (C=O) groups is 2. The molecule has 1 N–H and O–H groups in total. The highest BCUT2D eigenvalue weighted by molar-refractivity contribution is 7.89. The summed E-state index contributed by atoms with van der Waals surface area (Å²) < 4.78 is 27.5. The fourth-order valence-electron chi connectivity index (χ4n) is 4.96. The molecular weight excluding hydrogens is 546 g/mol. The zero-order chi connectivity index (χ0) is 28.7. The van der Waals surface area contributed by atoms with E-state index in [0.717, 1.165) is 46.7 Å². The van der Waals surface area contributed by atoms with Crippen LogP contribution in [-0.4, -0.2) is 55.1 Å². The highest BCUT2D eigenvalue weighted by Crippen LogP contribution is 2.22. The van der Waals surface area contributed by atoms with Crippen molar-refractivity contribution in [2.24, 2.45) is 0 Å². The molecule has 0 saturated heterocycles. The Morgan fingerprint density at radius 1 is 0.925 bits per heavy atom. The Balaban J connectivity index is 1.65. The van der Waals surface area contributed by atoms with Gasteiger partial charge < -0.3 is 10.2 Å². The molecular formula is C31H36ClN3O4S. The zero-order valence-corrected chi connectivity index (χ0v) is 24.5.